The van der Waals surface area contributed by atoms with Gasteiger partial charge in [-0.1, -0.05) is 6.07 Å². The summed E-state index contributed by atoms with van der Waals surface area (Å²) in [7, 11) is 0. The van der Waals surface area contributed by atoms with Crippen molar-refractivity contribution in [3.05, 3.63) is 58.0 Å². The Morgan fingerprint density at radius 3 is 3.00 bits per heavy atom. The molecule has 2 aromatic heterocycles. The van der Waals surface area contributed by atoms with Crippen LogP contribution in [0.1, 0.15) is 42.4 Å². The second kappa shape index (κ2) is 6.78. The average Bonchev–Trinajstić information content (AvgIpc) is 3.10. The molecule has 2 aliphatic heterocycles. The van der Waals surface area contributed by atoms with Gasteiger partial charge in [-0.2, -0.15) is 4.98 Å². The van der Waals surface area contributed by atoms with Gasteiger partial charge in [0.1, 0.15) is 5.82 Å². The Kier molecular flexibility index (Phi) is 4.34. The lowest BCUT2D eigenvalue weighted by Gasteiger charge is -2.34. The van der Waals surface area contributed by atoms with Gasteiger partial charge in [-0.15, -0.1) is 0 Å². The van der Waals surface area contributed by atoms with Crippen LogP contribution < -0.4 is 5.56 Å². The van der Waals surface area contributed by atoms with Crippen molar-refractivity contribution < 1.29 is 4.79 Å². The topological polar surface area (TPSA) is 68.1 Å². The third kappa shape index (κ3) is 3.34. The third-order valence-corrected chi connectivity index (χ3v) is 5.17. The molecule has 130 valence electrons. The molecule has 6 nitrogen and oxygen atoms in total. The van der Waals surface area contributed by atoms with E-state index in [1.54, 1.807) is 12.3 Å². The minimum absolute atomic E-state index is 0.112. The van der Waals surface area contributed by atoms with Crippen molar-refractivity contribution in [1.82, 2.24) is 19.4 Å². The zero-order chi connectivity index (χ0) is 17.2. The molecule has 1 amide bonds. The zero-order valence-corrected chi connectivity index (χ0v) is 14.2. The summed E-state index contributed by atoms with van der Waals surface area (Å²) in [6.07, 6.45) is 5.94. The molecule has 0 bridgehead atoms. The van der Waals surface area contributed by atoms with Gasteiger partial charge in [0.2, 0.25) is 5.91 Å². The standard InChI is InChI=1S/C19H22N4O2/c24-18-12-16(23-10-4-7-17(23)21-18)14-5-3-9-22(13-14)19(25)11-15-6-1-2-8-20-15/h1-2,6,8,12,14H,3-5,7,9-11,13H2/t14-/m0/s1. The van der Waals surface area contributed by atoms with E-state index in [9.17, 15) is 9.59 Å². The third-order valence-electron chi connectivity index (χ3n) is 5.17. The SMILES string of the molecule is O=C(Cc1ccccn1)N1CCC[C@H](c2cc(=O)nc3n2CCC3)C1. The fraction of sp³-hybridized carbons (Fsp3) is 0.474. The Bertz CT molecular complexity index is 831. The second-order valence-corrected chi connectivity index (χ2v) is 6.87. The van der Waals surface area contributed by atoms with Crippen LogP contribution in [0.4, 0.5) is 0 Å². The molecule has 1 fully saturated rings. The molecular weight excluding hydrogens is 316 g/mol. The fourth-order valence-corrected chi connectivity index (χ4v) is 3.97. The molecule has 2 aromatic rings. The average molecular weight is 338 g/mol. The van der Waals surface area contributed by atoms with E-state index < -0.39 is 0 Å². The molecule has 1 atom stereocenters. The number of amides is 1. The fourth-order valence-electron chi connectivity index (χ4n) is 3.97. The Balaban J connectivity index is 1.52. The number of hydrogen-bond donors (Lipinski definition) is 0. The number of nitrogens with zero attached hydrogens (tertiary/aromatic N) is 4. The van der Waals surface area contributed by atoms with Crippen LogP contribution in [-0.2, 0) is 24.2 Å². The molecule has 4 rings (SSSR count). The van der Waals surface area contributed by atoms with E-state index in [0.29, 0.717) is 13.0 Å². The summed E-state index contributed by atoms with van der Waals surface area (Å²) in [5.74, 6) is 1.23. The highest BCUT2D eigenvalue weighted by molar-refractivity contribution is 5.78. The van der Waals surface area contributed by atoms with E-state index >= 15 is 0 Å². The van der Waals surface area contributed by atoms with E-state index in [1.165, 1.54) is 0 Å². The monoisotopic (exact) mass is 338 g/mol. The summed E-state index contributed by atoms with van der Waals surface area (Å²) in [5.41, 5.74) is 1.71. The van der Waals surface area contributed by atoms with Crippen LogP contribution in [-0.4, -0.2) is 38.4 Å². The maximum atomic E-state index is 12.7. The molecule has 0 saturated carbocycles. The summed E-state index contributed by atoms with van der Waals surface area (Å²) in [6, 6.07) is 7.31. The normalized spacial score (nSPS) is 19.7. The molecule has 2 aliphatic rings. The van der Waals surface area contributed by atoms with Gasteiger partial charge < -0.3 is 9.47 Å². The maximum absolute atomic E-state index is 12.7. The van der Waals surface area contributed by atoms with Gasteiger partial charge in [0.15, 0.2) is 0 Å². The lowest BCUT2D eigenvalue weighted by Crippen LogP contribution is -2.41. The van der Waals surface area contributed by atoms with E-state index in [4.69, 9.17) is 0 Å². The van der Waals surface area contributed by atoms with Crippen molar-refractivity contribution in [2.24, 2.45) is 0 Å². The van der Waals surface area contributed by atoms with E-state index in [0.717, 1.165) is 56.0 Å². The first-order chi connectivity index (χ1) is 12.2. The van der Waals surface area contributed by atoms with Crippen LogP contribution in [0.5, 0.6) is 0 Å². The summed E-state index contributed by atoms with van der Waals surface area (Å²) < 4.78 is 2.19. The molecule has 6 heteroatoms. The number of aromatic nitrogens is 3. The van der Waals surface area contributed by atoms with Crippen LogP contribution >= 0.6 is 0 Å². The summed E-state index contributed by atoms with van der Waals surface area (Å²) in [4.78, 5) is 34.9. The summed E-state index contributed by atoms with van der Waals surface area (Å²) in [6.45, 7) is 2.38. The first-order valence-electron chi connectivity index (χ1n) is 8.99. The van der Waals surface area contributed by atoms with E-state index in [1.807, 2.05) is 23.1 Å². The highest BCUT2D eigenvalue weighted by atomic mass is 16.2. The minimum atomic E-state index is -0.153. The van der Waals surface area contributed by atoms with Gasteiger partial charge in [-0.05, 0) is 31.4 Å². The summed E-state index contributed by atoms with van der Waals surface area (Å²) >= 11 is 0. The van der Waals surface area contributed by atoms with E-state index in [2.05, 4.69) is 14.5 Å². The Morgan fingerprint density at radius 2 is 2.16 bits per heavy atom. The summed E-state index contributed by atoms with van der Waals surface area (Å²) in [5, 5.41) is 0. The molecule has 1 saturated heterocycles. The van der Waals surface area contributed by atoms with Crippen LogP contribution in [0.3, 0.4) is 0 Å². The van der Waals surface area contributed by atoms with Gasteiger partial charge in [0.05, 0.1) is 6.42 Å². The van der Waals surface area contributed by atoms with Crippen molar-refractivity contribution in [2.45, 2.75) is 44.6 Å². The van der Waals surface area contributed by atoms with Crippen LogP contribution in [0.25, 0.3) is 0 Å². The van der Waals surface area contributed by atoms with Crippen LogP contribution in [0.15, 0.2) is 35.3 Å². The van der Waals surface area contributed by atoms with Gasteiger partial charge in [-0.3, -0.25) is 14.6 Å². The molecule has 0 unspecified atom stereocenters. The molecular formula is C19H22N4O2. The number of carbonyl (C=O) groups is 1. The number of aryl methyl sites for hydroxylation is 1. The number of hydrogen-bond acceptors (Lipinski definition) is 4. The Labute approximate surface area is 146 Å². The maximum Gasteiger partial charge on any atom is 0.273 e. The zero-order valence-electron chi connectivity index (χ0n) is 14.2. The molecule has 0 aromatic carbocycles. The Hall–Kier alpha value is -2.50. The first kappa shape index (κ1) is 16.0. The molecule has 0 N–H and O–H groups in total. The number of carbonyl (C=O) groups excluding carboxylic acids is 1. The number of pyridine rings is 1. The lowest BCUT2D eigenvalue weighted by molar-refractivity contribution is -0.131. The number of rotatable bonds is 3. The Morgan fingerprint density at radius 1 is 1.24 bits per heavy atom. The number of piperidine rings is 1. The van der Waals surface area contributed by atoms with Crippen LogP contribution in [0, 0.1) is 0 Å². The second-order valence-electron chi connectivity index (χ2n) is 6.87. The van der Waals surface area contributed by atoms with Crippen molar-refractivity contribution in [1.29, 1.82) is 0 Å². The molecule has 4 heterocycles. The molecule has 0 aliphatic carbocycles. The number of fused-ring (bicyclic) bond motifs is 1. The van der Waals surface area contributed by atoms with Crippen molar-refractivity contribution >= 4 is 5.91 Å². The predicted molar refractivity (Wildman–Crippen MR) is 93.3 cm³/mol. The molecule has 25 heavy (non-hydrogen) atoms. The lowest BCUT2D eigenvalue weighted by atomic mass is 9.93. The quantitative estimate of drug-likeness (QED) is 0.851. The van der Waals surface area contributed by atoms with Gasteiger partial charge >= 0.3 is 0 Å². The van der Waals surface area contributed by atoms with Crippen molar-refractivity contribution in [3.8, 4) is 0 Å². The highest BCUT2D eigenvalue weighted by Gasteiger charge is 2.28. The van der Waals surface area contributed by atoms with Gasteiger partial charge in [-0.25, -0.2) is 0 Å². The van der Waals surface area contributed by atoms with Gasteiger partial charge in [0.25, 0.3) is 5.56 Å². The minimum Gasteiger partial charge on any atom is -0.342 e. The number of likely N-dealkylation sites (tertiary alicyclic amines) is 1. The van der Waals surface area contributed by atoms with E-state index in [-0.39, 0.29) is 17.4 Å². The molecule has 0 spiro atoms. The first-order valence-corrected chi connectivity index (χ1v) is 8.99. The molecule has 0 radical (unpaired) electrons. The predicted octanol–water partition coefficient (Wildman–Crippen LogP) is 1.53. The largest absolute Gasteiger partial charge is 0.342 e. The smallest absolute Gasteiger partial charge is 0.273 e. The highest BCUT2D eigenvalue weighted by Crippen LogP contribution is 2.28. The van der Waals surface area contributed by atoms with Crippen molar-refractivity contribution in [3.63, 3.8) is 0 Å². The van der Waals surface area contributed by atoms with Gasteiger partial charge in [0, 0.05) is 55.6 Å². The van der Waals surface area contributed by atoms with Crippen LogP contribution in [0.2, 0.25) is 0 Å². The van der Waals surface area contributed by atoms with Crippen molar-refractivity contribution in [2.75, 3.05) is 13.1 Å².